The van der Waals surface area contributed by atoms with E-state index < -0.39 is 0 Å². The normalized spacial score (nSPS) is 23.7. The molecule has 0 bridgehead atoms. The molecule has 2 unspecified atom stereocenters. The van der Waals surface area contributed by atoms with Gasteiger partial charge in [-0.05, 0) is 31.0 Å². The first-order valence-corrected chi connectivity index (χ1v) is 7.42. The molecule has 0 spiro atoms. The summed E-state index contributed by atoms with van der Waals surface area (Å²) in [4.78, 5) is 12.3. The molecule has 2 atom stereocenters. The molecule has 1 aliphatic carbocycles. The van der Waals surface area contributed by atoms with E-state index in [0.29, 0.717) is 5.69 Å². The monoisotopic (exact) mass is 326 g/mol. The molecular formula is C14H19BrN2O2. The molecule has 0 aliphatic heterocycles. The summed E-state index contributed by atoms with van der Waals surface area (Å²) in [6.45, 7) is 0. The van der Waals surface area contributed by atoms with Gasteiger partial charge in [0.05, 0.1) is 11.6 Å². The smallest absolute Gasteiger partial charge is 0.229 e. The lowest BCUT2D eigenvalue weighted by Gasteiger charge is -2.20. The van der Waals surface area contributed by atoms with Gasteiger partial charge in [0, 0.05) is 10.5 Å². The third kappa shape index (κ3) is 3.70. The third-order valence-electron chi connectivity index (χ3n) is 3.62. The van der Waals surface area contributed by atoms with Gasteiger partial charge in [-0.3, -0.25) is 4.79 Å². The van der Waals surface area contributed by atoms with E-state index in [9.17, 15) is 9.90 Å². The Morgan fingerprint density at radius 2 is 2.05 bits per heavy atom. The van der Waals surface area contributed by atoms with Crippen molar-refractivity contribution in [1.29, 1.82) is 0 Å². The van der Waals surface area contributed by atoms with Gasteiger partial charge in [-0.2, -0.15) is 0 Å². The summed E-state index contributed by atoms with van der Waals surface area (Å²) >= 11 is 3.32. The fraction of sp³-hybridized carbons (Fsp3) is 0.500. The Balaban J connectivity index is 2.09. The van der Waals surface area contributed by atoms with Crippen LogP contribution in [0.25, 0.3) is 0 Å². The van der Waals surface area contributed by atoms with E-state index in [4.69, 9.17) is 5.73 Å². The minimum Gasteiger partial charge on any atom is -0.506 e. The van der Waals surface area contributed by atoms with Crippen LogP contribution in [0.4, 0.5) is 5.69 Å². The Kier molecular flexibility index (Phi) is 4.82. The van der Waals surface area contributed by atoms with Crippen molar-refractivity contribution in [3.05, 3.63) is 22.7 Å². The number of amides is 1. The average molecular weight is 327 g/mol. The molecule has 1 fully saturated rings. The largest absolute Gasteiger partial charge is 0.506 e. The van der Waals surface area contributed by atoms with E-state index in [1.54, 1.807) is 18.2 Å². The van der Waals surface area contributed by atoms with Crippen molar-refractivity contribution in [3.63, 3.8) is 0 Å². The summed E-state index contributed by atoms with van der Waals surface area (Å²) < 4.78 is 0.811. The third-order valence-corrected chi connectivity index (χ3v) is 4.12. The first-order chi connectivity index (χ1) is 9.08. The van der Waals surface area contributed by atoms with Gasteiger partial charge in [-0.25, -0.2) is 0 Å². The van der Waals surface area contributed by atoms with Gasteiger partial charge in [-0.1, -0.05) is 35.2 Å². The molecule has 0 radical (unpaired) electrons. The fourth-order valence-electron chi connectivity index (χ4n) is 2.50. The molecule has 1 amide bonds. The summed E-state index contributed by atoms with van der Waals surface area (Å²) in [7, 11) is 0. The number of phenols is 1. The molecule has 2 rings (SSSR count). The number of rotatable bonds is 2. The highest BCUT2D eigenvalue weighted by molar-refractivity contribution is 9.10. The highest BCUT2D eigenvalue weighted by atomic mass is 79.9. The van der Waals surface area contributed by atoms with Gasteiger partial charge in [-0.15, -0.1) is 0 Å². The Hall–Kier alpha value is -1.07. The maximum Gasteiger partial charge on any atom is 0.229 e. The maximum atomic E-state index is 12.3. The first kappa shape index (κ1) is 14.3. The van der Waals surface area contributed by atoms with Crippen molar-refractivity contribution in [2.75, 3.05) is 5.32 Å². The molecule has 0 aromatic heterocycles. The van der Waals surface area contributed by atoms with Gasteiger partial charge < -0.3 is 16.2 Å². The number of hydrogen-bond acceptors (Lipinski definition) is 3. The van der Waals surface area contributed by atoms with Crippen molar-refractivity contribution < 1.29 is 9.90 Å². The molecule has 1 aromatic carbocycles. The van der Waals surface area contributed by atoms with Crippen LogP contribution in [0.3, 0.4) is 0 Å². The minimum absolute atomic E-state index is 0.0683. The van der Waals surface area contributed by atoms with Crippen LogP contribution in [-0.4, -0.2) is 17.1 Å². The average Bonchev–Trinajstić information content (AvgIpc) is 2.58. The Morgan fingerprint density at radius 1 is 1.32 bits per heavy atom. The SMILES string of the molecule is NC1CCCCCC1C(=O)Nc1cc(Br)ccc1O. The summed E-state index contributed by atoms with van der Waals surface area (Å²) in [5, 5.41) is 12.5. The molecule has 1 aliphatic rings. The van der Waals surface area contributed by atoms with Gasteiger partial charge in [0.25, 0.3) is 0 Å². The number of aromatic hydroxyl groups is 1. The van der Waals surface area contributed by atoms with E-state index in [0.717, 1.165) is 36.6 Å². The Morgan fingerprint density at radius 3 is 2.84 bits per heavy atom. The molecule has 104 valence electrons. The molecule has 0 heterocycles. The molecular weight excluding hydrogens is 308 g/mol. The quantitative estimate of drug-likeness (QED) is 0.577. The van der Waals surface area contributed by atoms with Crippen molar-refractivity contribution in [3.8, 4) is 5.75 Å². The number of nitrogens with one attached hydrogen (secondary N) is 1. The Labute approximate surface area is 121 Å². The van der Waals surface area contributed by atoms with E-state index in [1.807, 2.05) is 0 Å². The summed E-state index contributed by atoms with van der Waals surface area (Å²) in [6, 6.07) is 4.88. The van der Waals surface area contributed by atoms with E-state index in [-0.39, 0.29) is 23.6 Å². The maximum absolute atomic E-state index is 12.3. The van der Waals surface area contributed by atoms with Crippen molar-refractivity contribution in [2.45, 2.75) is 38.1 Å². The molecule has 19 heavy (non-hydrogen) atoms. The molecule has 1 aromatic rings. The molecule has 5 heteroatoms. The number of hydrogen-bond donors (Lipinski definition) is 3. The zero-order valence-electron chi connectivity index (χ0n) is 10.7. The van der Waals surface area contributed by atoms with Gasteiger partial charge in [0.15, 0.2) is 0 Å². The highest BCUT2D eigenvalue weighted by Gasteiger charge is 2.27. The van der Waals surface area contributed by atoms with Gasteiger partial charge in [0.1, 0.15) is 5.75 Å². The zero-order chi connectivity index (χ0) is 13.8. The number of carbonyl (C=O) groups excluding carboxylic acids is 1. The van der Waals surface area contributed by atoms with Crippen LogP contribution in [0.5, 0.6) is 5.75 Å². The fourth-order valence-corrected chi connectivity index (χ4v) is 2.86. The van der Waals surface area contributed by atoms with Crippen LogP contribution in [0.2, 0.25) is 0 Å². The lowest BCUT2D eigenvalue weighted by molar-refractivity contribution is -0.120. The lowest BCUT2D eigenvalue weighted by atomic mass is 9.94. The number of halogens is 1. The summed E-state index contributed by atoms with van der Waals surface area (Å²) in [5.74, 6) is -0.192. The van der Waals surface area contributed by atoms with Crippen LogP contribution in [0.15, 0.2) is 22.7 Å². The molecule has 1 saturated carbocycles. The van der Waals surface area contributed by atoms with Crippen LogP contribution >= 0.6 is 15.9 Å². The second-order valence-corrected chi connectivity index (χ2v) is 5.97. The van der Waals surface area contributed by atoms with Crippen LogP contribution < -0.4 is 11.1 Å². The van der Waals surface area contributed by atoms with Gasteiger partial charge in [0.2, 0.25) is 5.91 Å². The molecule has 4 nitrogen and oxygen atoms in total. The lowest BCUT2D eigenvalue weighted by Crippen LogP contribution is -2.37. The van der Waals surface area contributed by atoms with Crippen molar-refractivity contribution in [2.24, 2.45) is 11.7 Å². The zero-order valence-corrected chi connectivity index (χ0v) is 12.3. The number of carbonyl (C=O) groups is 1. The molecule has 0 saturated heterocycles. The topological polar surface area (TPSA) is 75.4 Å². The van der Waals surface area contributed by atoms with E-state index >= 15 is 0 Å². The minimum atomic E-state index is -0.166. The van der Waals surface area contributed by atoms with Crippen molar-refractivity contribution in [1.82, 2.24) is 0 Å². The standard InChI is InChI=1S/C14H19BrN2O2/c15-9-6-7-13(18)12(8-9)17-14(19)10-4-2-1-3-5-11(10)16/h6-8,10-11,18H,1-5,16H2,(H,17,19). The van der Waals surface area contributed by atoms with Gasteiger partial charge >= 0.3 is 0 Å². The van der Waals surface area contributed by atoms with E-state index in [1.165, 1.54) is 0 Å². The summed E-state index contributed by atoms with van der Waals surface area (Å²) in [5.41, 5.74) is 6.50. The second-order valence-electron chi connectivity index (χ2n) is 5.06. The van der Waals surface area contributed by atoms with Crippen LogP contribution in [0.1, 0.15) is 32.1 Å². The highest BCUT2D eigenvalue weighted by Crippen LogP contribution is 2.29. The number of phenolic OH excluding ortho intramolecular Hbond substituents is 1. The Bertz CT molecular complexity index is 465. The second kappa shape index (κ2) is 6.39. The number of nitrogens with two attached hydrogens (primary N) is 1. The number of anilines is 1. The van der Waals surface area contributed by atoms with Crippen molar-refractivity contribution >= 4 is 27.5 Å². The van der Waals surface area contributed by atoms with E-state index in [2.05, 4.69) is 21.2 Å². The van der Waals surface area contributed by atoms with Crippen LogP contribution in [-0.2, 0) is 4.79 Å². The summed E-state index contributed by atoms with van der Waals surface area (Å²) in [6.07, 6.45) is 4.98. The first-order valence-electron chi connectivity index (χ1n) is 6.63. The predicted molar refractivity (Wildman–Crippen MR) is 79.0 cm³/mol. The van der Waals surface area contributed by atoms with Crippen LogP contribution in [0, 0.1) is 5.92 Å². The number of benzene rings is 1. The molecule has 4 N–H and O–H groups in total. The predicted octanol–water partition coefficient (Wildman–Crippen LogP) is 3.00.